The summed E-state index contributed by atoms with van der Waals surface area (Å²) in [5.74, 6) is 0.745. The minimum Gasteiger partial charge on any atom is -0.384 e. The second kappa shape index (κ2) is 8.40. The van der Waals surface area contributed by atoms with Crippen LogP contribution in [0.5, 0.6) is 0 Å². The van der Waals surface area contributed by atoms with E-state index in [9.17, 15) is 0 Å². The average Bonchev–Trinajstić information content (AvgIpc) is 2.54. The molecule has 1 aliphatic heterocycles. The molecule has 118 valence electrons. The number of rotatable bonds is 7. The summed E-state index contributed by atoms with van der Waals surface area (Å²) in [6.45, 7) is 9.04. The summed E-state index contributed by atoms with van der Waals surface area (Å²) >= 11 is 0. The molecule has 0 saturated carbocycles. The molecule has 1 aromatic rings. The number of hydrogen-bond donors (Lipinski definition) is 1. The zero-order valence-corrected chi connectivity index (χ0v) is 13.8. The lowest BCUT2D eigenvalue weighted by Gasteiger charge is -2.36. The molecule has 2 rings (SSSR count). The number of ether oxygens (including phenoxy) is 1. The standard InChI is InChI=1S/C18H30N2O/c1-4-20-12-7-9-17(14-20)15(2)19-18-10-6-5-8-16(18)11-13-21-3/h5-6,8,10,15,17,19H,4,7,9,11-14H2,1-3H3. The van der Waals surface area contributed by atoms with Crippen molar-refractivity contribution in [1.29, 1.82) is 0 Å². The van der Waals surface area contributed by atoms with Gasteiger partial charge in [0.2, 0.25) is 0 Å². The molecule has 0 amide bonds. The summed E-state index contributed by atoms with van der Waals surface area (Å²) in [6.07, 6.45) is 3.64. The Morgan fingerprint density at radius 1 is 1.38 bits per heavy atom. The molecule has 1 heterocycles. The van der Waals surface area contributed by atoms with Crippen molar-refractivity contribution in [1.82, 2.24) is 4.90 Å². The SMILES string of the molecule is CCN1CCCC(C(C)Nc2ccccc2CCOC)C1. The van der Waals surface area contributed by atoms with E-state index in [1.54, 1.807) is 7.11 Å². The van der Waals surface area contributed by atoms with Crippen molar-refractivity contribution in [3.05, 3.63) is 29.8 Å². The predicted octanol–water partition coefficient (Wildman–Crippen LogP) is 3.41. The van der Waals surface area contributed by atoms with Gasteiger partial charge >= 0.3 is 0 Å². The quantitative estimate of drug-likeness (QED) is 0.833. The largest absolute Gasteiger partial charge is 0.384 e. The lowest BCUT2D eigenvalue weighted by Crippen LogP contribution is -2.41. The molecule has 1 aromatic carbocycles. The molecule has 2 atom stereocenters. The highest BCUT2D eigenvalue weighted by Crippen LogP contribution is 2.24. The first kappa shape index (κ1) is 16.3. The van der Waals surface area contributed by atoms with Crippen molar-refractivity contribution in [2.75, 3.05) is 38.7 Å². The van der Waals surface area contributed by atoms with Crippen molar-refractivity contribution in [3.63, 3.8) is 0 Å². The van der Waals surface area contributed by atoms with Gasteiger partial charge in [-0.2, -0.15) is 0 Å². The summed E-state index contributed by atoms with van der Waals surface area (Å²) in [5, 5.41) is 3.75. The second-order valence-electron chi connectivity index (χ2n) is 6.13. The Morgan fingerprint density at radius 3 is 2.95 bits per heavy atom. The Labute approximate surface area is 129 Å². The van der Waals surface area contributed by atoms with Crippen LogP contribution in [0.4, 0.5) is 5.69 Å². The van der Waals surface area contributed by atoms with Gasteiger partial charge in [0, 0.05) is 25.4 Å². The van der Waals surface area contributed by atoms with Gasteiger partial charge in [0.15, 0.2) is 0 Å². The van der Waals surface area contributed by atoms with Gasteiger partial charge in [0.05, 0.1) is 6.61 Å². The fraction of sp³-hybridized carbons (Fsp3) is 0.667. The van der Waals surface area contributed by atoms with Crippen LogP contribution in [-0.4, -0.2) is 44.3 Å². The molecule has 0 bridgehead atoms. The monoisotopic (exact) mass is 290 g/mol. The van der Waals surface area contributed by atoms with Gasteiger partial charge in [0.1, 0.15) is 0 Å². The molecule has 1 aliphatic rings. The topological polar surface area (TPSA) is 24.5 Å². The molecule has 0 aromatic heterocycles. The minimum absolute atomic E-state index is 0.517. The first-order valence-corrected chi connectivity index (χ1v) is 8.30. The summed E-state index contributed by atoms with van der Waals surface area (Å²) < 4.78 is 5.22. The van der Waals surface area contributed by atoms with Crippen LogP contribution >= 0.6 is 0 Å². The third-order valence-corrected chi connectivity index (χ3v) is 4.67. The van der Waals surface area contributed by atoms with E-state index in [1.165, 1.54) is 43.7 Å². The lowest BCUT2D eigenvalue weighted by molar-refractivity contribution is 0.172. The zero-order chi connectivity index (χ0) is 15.1. The van der Waals surface area contributed by atoms with E-state index in [1.807, 2.05) is 0 Å². The van der Waals surface area contributed by atoms with Crippen molar-refractivity contribution < 1.29 is 4.74 Å². The molecule has 21 heavy (non-hydrogen) atoms. The Bertz CT molecular complexity index is 421. The summed E-state index contributed by atoms with van der Waals surface area (Å²) in [4.78, 5) is 2.57. The first-order valence-electron chi connectivity index (χ1n) is 8.30. The van der Waals surface area contributed by atoms with Crippen molar-refractivity contribution in [2.24, 2.45) is 5.92 Å². The molecule has 0 spiro atoms. The Balaban J connectivity index is 1.97. The Kier molecular flexibility index (Phi) is 6.52. The highest BCUT2D eigenvalue weighted by molar-refractivity contribution is 5.51. The zero-order valence-electron chi connectivity index (χ0n) is 13.8. The maximum atomic E-state index is 5.22. The fourth-order valence-electron chi connectivity index (χ4n) is 3.24. The average molecular weight is 290 g/mol. The highest BCUT2D eigenvalue weighted by atomic mass is 16.5. The third-order valence-electron chi connectivity index (χ3n) is 4.67. The van der Waals surface area contributed by atoms with Gasteiger partial charge in [-0.1, -0.05) is 25.1 Å². The van der Waals surface area contributed by atoms with Gasteiger partial charge in [-0.05, 0) is 56.8 Å². The number of benzene rings is 1. The van der Waals surface area contributed by atoms with Crippen LogP contribution in [0.2, 0.25) is 0 Å². The lowest BCUT2D eigenvalue weighted by atomic mass is 9.91. The maximum absolute atomic E-state index is 5.22. The number of likely N-dealkylation sites (tertiary alicyclic amines) is 1. The van der Waals surface area contributed by atoms with E-state index in [0.717, 1.165) is 18.9 Å². The minimum atomic E-state index is 0.517. The molecular weight excluding hydrogens is 260 g/mol. The van der Waals surface area contributed by atoms with E-state index >= 15 is 0 Å². The number of anilines is 1. The van der Waals surface area contributed by atoms with Gasteiger partial charge in [-0.15, -0.1) is 0 Å². The van der Waals surface area contributed by atoms with Crippen LogP contribution in [0.25, 0.3) is 0 Å². The van der Waals surface area contributed by atoms with E-state index < -0.39 is 0 Å². The van der Waals surface area contributed by atoms with Crippen molar-refractivity contribution >= 4 is 5.69 Å². The van der Waals surface area contributed by atoms with Gasteiger partial charge in [-0.3, -0.25) is 0 Å². The first-order chi connectivity index (χ1) is 10.2. The van der Waals surface area contributed by atoms with E-state index in [-0.39, 0.29) is 0 Å². The van der Waals surface area contributed by atoms with E-state index in [4.69, 9.17) is 4.74 Å². The van der Waals surface area contributed by atoms with E-state index in [0.29, 0.717) is 6.04 Å². The number of para-hydroxylation sites is 1. The summed E-state index contributed by atoms with van der Waals surface area (Å²) in [7, 11) is 1.76. The number of hydrogen-bond acceptors (Lipinski definition) is 3. The van der Waals surface area contributed by atoms with Gasteiger partial charge in [0.25, 0.3) is 0 Å². The predicted molar refractivity (Wildman–Crippen MR) is 89.9 cm³/mol. The molecule has 0 aliphatic carbocycles. The van der Waals surface area contributed by atoms with Gasteiger partial charge < -0.3 is 15.0 Å². The van der Waals surface area contributed by atoms with Crippen LogP contribution in [-0.2, 0) is 11.2 Å². The summed E-state index contributed by atoms with van der Waals surface area (Å²) in [6, 6.07) is 9.14. The van der Waals surface area contributed by atoms with Gasteiger partial charge in [-0.25, -0.2) is 0 Å². The number of piperidine rings is 1. The second-order valence-corrected chi connectivity index (χ2v) is 6.13. The normalized spacial score (nSPS) is 21.2. The maximum Gasteiger partial charge on any atom is 0.0503 e. The molecule has 1 N–H and O–H groups in total. The van der Waals surface area contributed by atoms with Crippen LogP contribution < -0.4 is 5.32 Å². The van der Waals surface area contributed by atoms with Crippen LogP contribution in [0.1, 0.15) is 32.3 Å². The summed E-state index contributed by atoms with van der Waals surface area (Å²) in [5.41, 5.74) is 2.63. The fourth-order valence-corrected chi connectivity index (χ4v) is 3.24. The number of methoxy groups -OCH3 is 1. The van der Waals surface area contributed by atoms with E-state index in [2.05, 4.69) is 48.3 Å². The molecule has 1 fully saturated rings. The smallest absolute Gasteiger partial charge is 0.0503 e. The molecule has 3 heteroatoms. The van der Waals surface area contributed by atoms with Crippen molar-refractivity contribution in [3.8, 4) is 0 Å². The van der Waals surface area contributed by atoms with Crippen molar-refractivity contribution in [2.45, 2.75) is 39.2 Å². The van der Waals surface area contributed by atoms with Crippen LogP contribution in [0.15, 0.2) is 24.3 Å². The Hall–Kier alpha value is -1.06. The number of nitrogens with one attached hydrogen (secondary N) is 1. The number of nitrogens with zero attached hydrogens (tertiary/aromatic N) is 1. The molecule has 0 radical (unpaired) electrons. The highest BCUT2D eigenvalue weighted by Gasteiger charge is 2.24. The molecular formula is C18H30N2O. The van der Waals surface area contributed by atoms with Crippen LogP contribution in [0.3, 0.4) is 0 Å². The third kappa shape index (κ3) is 4.72. The Morgan fingerprint density at radius 2 is 2.19 bits per heavy atom. The van der Waals surface area contributed by atoms with Crippen LogP contribution in [0, 0.1) is 5.92 Å². The molecule has 2 unspecified atom stereocenters. The molecule has 1 saturated heterocycles. The molecule has 3 nitrogen and oxygen atoms in total.